The minimum atomic E-state index is -2.84. The molecule has 0 aliphatic rings. The van der Waals surface area contributed by atoms with Gasteiger partial charge in [0.25, 0.3) is 0 Å². The second-order valence-corrected chi connectivity index (χ2v) is 20.2. The Hall–Kier alpha value is -7.98. The zero-order valence-corrected chi connectivity index (χ0v) is 35.6. The monoisotopic (exact) mass is 818 g/mol. The van der Waals surface area contributed by atoms with Crippen LogP contribution in [-0.2, 0) is 0 Å². The van der Waals surface area contributed by atoms with Crippen LogP contribution in [0.5, 0.6) is 0 Å². The molecule has 12 aromatic rings. The van der Waals surface area contributed by atoms with E-state index in [1.165, 1.54) is 86.6 Å². The lowest BCUT2D eigenvalue weighted by atomic mass is 9.98. The number of nitrogens with zero attached hydrogens (tertiary/aromatic N) is 2. The molecule has 2 nitrogen and oxygen atoms in total. The molecule has 0 fully saturated rings. The Morgan fingerprint density at radius 3 is 1.33 bits per heavy atom. The SMILES string of the molecule is c1ccc(-c2ccc(-n3c4ccccc4c4c(-c5ccccc5)ccc(-n5c6ccccc6c6ccc([Si](c7ccccc7)(c7ccccc7)c7ccccc7)cc65)c43)cc2)cc1. The second-order valence-electron chi connectivity index (χ2n) is 16.4. The fourth-order valence-corrected chi connectivity index (χ4v) is 15.1. The van der Waals surface area contributed by atoms with Gasteiger partial charge in [0.2, 0.25) is 0 Å². The van der Waals surface area contributed by atoms with Crippen LogP contribution >= 0.6 is 0 Å². The summed E-state index contributed by atoms with van der Waals surface area (Å²) in [5, 5.41) is 10.4. The first kappa shape index (κ1) is 36.8. The molecule has 0 radical (unpaired) electrons. The predicted molar refractivity (Wildman–Crippen MR) is 270 cm³/mol. The standard InChI is InChI=1S/C60H42N2Si/c1-6-20-43(21-7-1)44-34-36-46(37-35-44)61-56-33-19-17-31-54(56)59-51(45-22-8-2-9-23-45)40-41-57(60(59)61)62-55-32-18-16-30-52(55)53-39-38-50(42-58(53)62)63(47-24-10-3-11-25-47,48-26-12-4-13-27-48)49-28-14-5-15-29-49/h1-42H. The molecule has 0 atom stereocenters. The van der Waals surface area contributed by atoms with E-state index in [0.717, 1.165) is 11.4 Å². The van der Waals surface area contributed by atoms with Crippen molar-refractivity contribution in [3.63, 3.8) is 0 Å². The van der Waals surface area contributed by atoms with E-state index in [1.807, 2.05) is 0 Å². The first-order valence-electron chi connectivity index (χ1n) is 21.8. The normalized spacial score (nSPS) is 11.8. The summed E-state index contributed by atoms with van der Waals surface area (Å²) in [6.45, 7) is 0. The molecular weight excluding hydrogens is 777 g/mol. The zero-order chi connectivity index (χ0) is 41.7. The fraction of sp³-hybridized carbons (Fsp3) is 0. The molecule has 296 valence electrons. The summed E-state index contributed by atoms with van der Waals surface area (Å²) in [6, 6.07) is 94.3. The summed E-state index contributed by atoms with van der Waals surface area (Å²) >= 11 is 0. The molecule has 3 heteroatoms. The van der Waals surface area contributed by atoms with Gasteiger partial charge in [-0.15, -0.1) is 0 Å². The van der Waals surface area contributed by atoms with Crippen LogP contribution in [0.3, 0.4) is 0 Å². The molecule has 0 saturated carbocycles. The Kier molecular flexibility index (Phi) is 8.87. The van der Waals surface area contributed by atoms with Gasteiger partial charge in [0.05, 0.1) is 27.8 Å². The zero-order valence-electron chi connectivity index (χ0n) is 34.6. The van der Waals surface area contributed by atoms with Crippen LogP contribution in [0, 0.1) is 0 Å². The van der Waals surface area contributed by atoms with Crippen molar-refractivity contribution < 1.29 is 0 Å². The van der Waals surface area contributed by atoms with E-state index in [-0.39, 0.29) is 0 Å². The maximum atomic E-state index is 2.55. The highest BCUT2D eigenvalue weighted by molar-refractivity contribution is 7.20. The van der Waals surface area contributed by atoms with Crippen LogP contribution in [0.15, 0.2) is 255 Å². The highest BCUT2D eigenvalue weighted by Crippen LogP contribution is 2.44. The summed E-state index contributed by atoms with van der Waals surface area (Å²) in [7, 11) is -2.84. The first-order valence-corrected chi connectivity index (χ1v) is 23.8. The van der Waals surface area contributed by atoms with Gasteiger partial charge in [-0.1, -0.05) is 218 Å². The van der Waals surface area contributed by atoms with E-state index < -0.39 is 8.07 Å². The molecule has 0 amide bonds. The van der Waals surface area contributed by atoms with Crippen molar-refractivity contribution in [2.45, 2.75) is 0 Å². The average molecular weight is 819 g/mol. The third-order valence-corrected chi connectivity index (χ3v) is 17.9. The van der Waals surface area contributed by atoms with Crippen molar-refractivity contribution in [1.29, 1.82) is 0 Å². The smallest absolute Gasteiger partial charge is 0.179 e. The molecule has 0 spiro atoms. The Bertz CT molecular complexity index is 3480. The van der Waals surface area contributed by atoms with Crippen molar-refractivity contribution in [3.05, 3.63) is 255 Å². The van der Waals surface area contributed by atoms with Crippen LogP contribution in [0.25, 0.3) is 77.2 Å². The minimum Gasteiger partial charge on any atom is -0.307 e. The van der Waals surface area contributed by atoms with E-state index in [1.54, 1.807) is 0 Å². The van der Waals surface area contributed by atoms with Crippen LogP contribution < -0.4 is 20.7 Å². The molecule has 0 N–H and O–H groups in total. The number of aromatic nitrogens is 2. The summed E-state index contributed by atoms with van der Waals surface area (Å²) in [6.07, 6.45) is 0. The van der Waals surface area contributed by atoms with Crippen LogP contribution in [-0.4, -0.2) is 17.2 Å². The van der Waals surface area contributed by atoms with E-state index in [0.29, 0.717) is 0 Å². The fourth-order valence-electron chi connectivity index (χ4n) is 10.3. The highest BCUT2D eigenvalue weighted by atomic mass is 28.3. The Morgan fingerprint density at radius 2 is 0.746 bits per heavy atom. The molecule has 0 bridgehead atoms. The van der Waals surface area contributed by atoms with E-state index in [9.17, 15) is 0 Å². The molecule has 12 rings (SSSR count). The van der Waals surface area contributed by atoms with Crippen molar-refractivity contribution >= 4 is 72.4 Å². The van der Waals surface area contributed by atoms with Crippen LogP contribution in [0.2, 0.25) is 0 Å². The number of hydrogen-bond donors (Lipinski definition) is 0. The lowest BCUT2D eigenvalue weighted by molar-refractivity contribution is 1.13. The van der Waals surface area contributed by atoms with E-state index in [4.69, 9.17) is 0 Å². The highest BCUT2D eigenvalue weighted by Gasteiger charge is 2.41. The van der Waals surface area contributed by atoms with Crippen LogP contribution in [0.1, 0.15) is 0 Å². The Morgan fingerprint density at radius 1 is 0.286 bits per heavy atom. The molecule has 63 heavy (non-hydrogen) atoms. The van der Waals surface area contributed by atoms with Crippen LogP contribution in [0.4, 0.5) is 0 Å². The van der Waals surface area contributed by atoms with Gasteiger partial charge in [-0.3, -0.25) is 0 Å². The van der Waals surface area contributed by atoms with E-state index >= 15 is 0 Å². The molecule has 10 aromatic carbocycles. The van der Waals surface area contributed by atoms with Crippen molar-refractivity contribution in [2.75, 3.05) is 0 Å². The predicted octanol–water partition coefficient (Wildman–Crippen LogP) is 12.6. The minimum absolute atomic E-state index is 1.12. The van der Waals surface area contributed by atoms with Gasteiger partial charge >= 0.3 is 0 Å². The maximum Gasteiger partial charge on any atom is 0.179 e. The number of rotatable bonds is 8. The topological polar surface area (TPSA) is 9.86 Å². The van der Waals surface area contributed by atoms with Gasteiger partial charge < -0.3 is 9.13 Å². The van der Waals surface area contributed by atoms with Gasteiger partial charge in [-0.2, -0.15) is 0 Å². The molecule has 0 saturated heterocycles. The number of benzene rings is 10. The summed E-state index contributed by atoms with van der Waals surface area (Å²) < 4.78 is 5.06. The van der Waals surface area contributed by atoms with Gasteiger partial charge in [-0.05, 0) is 79.4 Å². The summed E-state index contributed by atoms with van der Waals surface area (Å²) in [5.74, 6) is 0. The first-order chi connectivity index (χ1) is 31.3. The van der Waals surface area contributed by atoms with Gasteiger partial charge in [0.15, 0.2) is 8.07 Å². The lowest BCUT2D eigenvalue weighted by Crippen LogP contribution is -2.74. The number of fused-ring (bicyclic) bond motifs is 6. The lowest BCUT2D eigenvalue weighted by Gasteiger charge is -2.34. The second kappa shape index (κ2) is 15.2. The number of hydrogen-bond acceptors (Lipinski definition) is 0. The van der Waals surface area contributed by atoms with Gasteiger partial charge in [0, 0.05) is 27.2 Å². The third kappa shape index (κ3) is 5.85. The van der Waals surface area contributed by atoms with E-state index in [2.05, 4.69) is 264 Å². The maximum absolute atomic E-state index is 2.84. The Labute approximate surface area is 368 Å². The molecule has 0 aliphatic heterocycles. The molecule has 0 aliphatic carbocycles. The number of para-hydroxylation sites is 2. The quantitative estimate of drug-likeness (QED) is 0.107. The molecular formula is C60H42N2Si. The molecule has 2 aromatic heterocycles. The van der Waals surface area contributed by atoms with Gasteiger partial charge in [0.1, 0.15) is 0 Å². The van der Waals surface area contributed by atoms with Crippen molar-refractivity contribution in [1.82, 2.24) is 9.13 Å². The average Bonchev–Trinajstić information content (AvgIpc) is 3.89. The van der Waals surface area contributed by atoms with Crippen molar-refractivity contribution in [2.24, 2.45) is 0 Å². The summed E-state index contributed by atoms with van der Waals surface area (Å²) in [4.78, 5) is 0. The summed E-state index contributed by atoms with van der Waals surface area (Å²) in [5.41, 5.74) is 11.8. The Balaban J connectivity index is 1.21. The molecule has 2 heterocycles. The largest absolute Gasteiger partial charge is 0.307 e. The van der Waals surface area contributed by atoms with Crippen molar-refractivity contribution in [3.8, 4) is 33.6 Å². The third-order valence-electron chi connectivity index (χ3n) is 13.1. The van der Waals surface area contributed by atoms with Gasteiger partial charge in [-0.25, -0.2) is 0 Å². The molecule has 0 unspecified atom stereocenters.